The highest BCUT2D eigenvalue weighted by Gasteiger charge is 2.38. The van der Waals surface area contributed by atoms with Gasteiger partial charge in [0.1, 0.15) is 11.4 Å². The predicted molar refractivity (Wildman–Crippen MR) is 136 cm³/mol. The number of fused-ring (bicyclic) bond motifs is 1. The van der Waals surface area contributed by atoms with Crippen LogP contribution in [0.3, 0.4) is 0 Å². The van der Waals surface area contributed by atoms with Gasteiger partial charge in [-0.25, -0.2) is 9.78 Å². The maximum Gasteiger partial charge on any atom is 0.547 e. The van der Waals surface area contributed by atoms with Crippen LogP contribution in [-0.2, 0) is 20.8 Å². The molecule has 198 valence electrons. The van der Waals surface area contributed by atoms with Crippen molar-refractivity contribution in [3.63, 3.8) is 0 Å². The zero-order valence-corrected chi connectivity index (χ0v) is 20.9. The van der Waals surface area contributed by atoms with E-state index in [2.05, 4.69) is 26.8 Å². The van der Waals surface area contributed by atoms with Gasteiger partial charge in [0.15, 0.2) is 17.5 Å². The summed E-state index contributed by atoms with van der Waals surface area (Å²) in [4.78, 5) is 46.1. The smallest absolute Gasteiger partial charge is 0.534 e. The van der Waals surface area contributed by atoms with Crippen LogP contribution in [0, 0.1) is 17.2 Å². The number of rotatable bonds is 8. The molecule has 2 aliphatic rings. The number of nitrogens with two attached hydrogens (primary N) is 1. The molecule has 2 heterocycles. The number of oxime groups is 1. The number of amides is 2. The monoisotopic (exact) mass is 540 g/mol. The van der Waals surface area contributed by atoms with Crippen molar-refractivity contribution >= 4 is 47.1 Å². The summed E-state index contributed by atoms with van der Waals surface area (Å²) in [6, 6.07) is 6.72. The maximum absolute atomic E-state index is 13.1. The van der Waals surface area contributed by atoms with Crippen LogP contribution in [0.5, 0.6) is 5.75 Å². The van der Waals surface area contributed by atoms with Gasteiger partial charge in [-0.05, 0) is 43.7 Å². The molecule has 13 nitrogen and oxygen atoms in total. The molecular formula is C23H25BN6O7S. The molecule has 1 aromatic heterocycles. The summed E-state index contributed by atoms with van der Waals surface area (Å²) < 4.78 is 5.41. The number of nitrogens with zero attached hydrogens (tertiary/aromatic N) is 3. The number of nitrogen functional groups attached to an aromatic ring is 1. The van der Waals surface area contributed by atoms with Crippen molar-refractivity contribution in [2.45, 2.75) is 44.1 Å². The number of hydrogen-bond acceptors (Lipinski definition) is 11. The van der Waals surface area contributed by atoms with E-state index in [0.717, 1.165) is 24.2 Å². The number of carbonyl (C=O) groups excluding carboxylic acids is 2. The van der Waals surface area contributed by atoms with E-state index in [0.29, 0.717) is 18.4 Å². The Kier molecular flexibility index (Phi) is 8.44. The van der Waals surface area contributed by atoms with E-state index in [4.69, 9.17) is 20.5 Å². The summed E-state index contributed by atoms with van der Waals surface area (Å²) in [7, 11) is -1.53. The summed E-state index contributed by atoms with van der Waals surface area (Å²) in [5, 5.41) is 39.8. The Hall–Kier alpha value is -4.16. The van der Waals surface area contributed by atoms with Gasteiger partial charge in [-0.15, -0.1) is 11.3 Å². The molecule has 1 fully saturated rings. The minimum absolute atomic E-state index is 0.0106. The van der Waals surface area contributed by atoms with Gasteiger partial charge < -0.3 is 36.0 Å². The molecule has 0 spiro atoms. The first kappa shape index (κ1) is 26.9. The molecule has 2 amide bonds. The number of carbonyl (C=O) groups is 3. The lowest BCUT2D eigenvalue weighted by atomic mass is 9.72. The van der Waals surface area contributed by atoms with Gasteiger partial charge in [-0.1, -0.05) is 17.3 Å². The second-order valence-corrected chi connectivity index (χ2v) is 9.81. The second-order valence-electron chi connectivity index (χ2n) is 8.92. The molecule has 15 heteroatoms. The van der Waals surface area contributed by atoms with Crippen LogP contribution < -0.4 is 21.0 Å². The second kappa shape index (κ2) is 11.9. The molecule has 0 saturated heterocycles. The Morgan fingerprint density at radius 1 is 1.29 bits per heavy atom. The Balaban J connectivity index is 1.41. The molecule has 0 unspecified atom stereocenters. The van der Waals surface area contributed by atoms with E-state index >= 15 is 0 Å². The standard InChI is InChI=1S/C23H25BN6O7S/c25-9-12-4-6-14(7-5-12)27-18(31)10-36-30-19(16-11-38-23(26)28-16)21(32)29-17-8-13-2-1-3-15(22(33)34)20(13)37-24(17)35/h1-3,11-12,14,17,35H,4-8,10H2,(H2,26,28)(H,27,31)(H,29,32)(H,33,34)/b30-19-/t12-,14+,17-/m0/s1. The van der Waals surface area contributed by atoms with Crippen molar-refractivity contribution in [3.8, 4) is 11.8 Å². The lowest BCUT2D eigenvalue weighted by Crippen LogP contribution is -2.54. The number of aromatic carboxylic acids is 1. The fourth-order valence-corrected chi connectivity index (χ4v) is 4.89. The van der Waals surface area contributed by atoms with Gasteiger partial charge in [-0.3, -0.25) is 9.59 Å². The first-order chi connectivity index (χ1) is 18.2. The summed E-state index contributed by atoms with van der Waals surface area (Å²) in [5.74, 6) is -3.29. The first-order valence-corrected chi connectivity index (χ1v) is 12.7. The number of anilines is 1. The third-order valence-electron chi connectivity index (χ3n) is 6.27. The minimum atomic E-state index is -1.53. The van der Waals surface area contributed by atoms with Crippen molar-refractivity contribution in [1.29, 1.82) is 5.26 Å². The van der Waals surface area contributed by atoms with Crippen LogP contribution in [0.15, 0.2) is 28.7 Å². The van der Waals surface area contributed by atoms with Crippen molar-refractivity contribution in [2.75, 3.05) is 12.3 Å². The number of thiazole rings is 1. The molecule has 1 saturated carbocycles. The molecule has 4 rings (SSSR count). The van der Waals surface area contributed by atoms with Crippen molar-refractivity contribution < 1.29 is 34.0 Å². The topological polar surface area (TPSA) is 209 Å². The quantitative estimate of drug-likeness (QED) is 0.178. The molecule has 1 aliphatic carbocycles. The fraction of sp³-hybridized carbons (Fsp3) is 0.391. The molecular weight excluding hydrogens is 515 g/mol. The SMILES string of the molecule is N#C[C@H]1CC[C@@H](NC(=O)CO/N=C(\C(=O)N[C@H]2Cc3cccc(C(=O)O)c3OB2O)c2csc(N)n2)CC1. The Morgan fingerprint density at radius 2 is 2.05 bits per heavy atom. The summed E-state index contributed by atoms with van der Waals surface area (Å²) in [6.45, 7) is -0.449. The Bertz CT molecular complexity index is 1290. The number of para-hydroxylation sites is 1. The van der Waals surface area contributed by atoms with Gasteiger partial charge >= 0.3 is 13.1 Å². The predicted octanol–water partition coefficient (Wildman–Crippen LogP) is 0.482. The average molecular weight is 540 g/mol. The van der Waals surface area contributed by atoms with Gasteiger partial charge in [0, 0.05) is 17.3 Å². The average Bonchev–Trinajstić information content (AvgIpc) is 3.32. The molecule has 1 aliphatic heterocycles. The van der Waals surface area contributed by atoms with Crippen LogP contribution >= 0.6 is 11.3 Å². The largest absolute Gasteiger partial charge is 0.547 e. The van der Waals surface area contributed by atoms with E-state index in [-0.39, 0.29) is 46.2 Å². The molecule has 1 aromatic carbocycles. The van der Waals surface area contributed by atoms with Crippen LogP contribution in [0.25, 0.3) is 0 Å². The fourth-order valence-electron chi connectivity index (χ4n) is 4.35. The highest BCUT2D eigenvalue weighted by atomic mass is 32.1. The third kappa shape index (κ3) is 6.39. The normalized spacial score (nSPS) is 20.9. The van der Waals surface area contributed by atoms with Gasteiger partial charge in [0.2, 0.25) is 0 Å². The van der Waals surface area contributed by atoms with Gasteiger partial charge in [-0.2, -0.15) is 5.26 Å². The molecule has 0 radical (unpaired) electrons. The van der Waals surface area contributed by atoms with Crippen molar-refractivity contribution in [3.05, 3.63) is 40.4 Å². The lowest BCUT2D eigenvalue weighted by Gasteiger charge is -2.28. The Morgan fingerprint density at radius 3 is 2.71 bits per heavy atom. The van der Waals surface area contributed by atoms with E-state index in [1.165, 1.54) is 11.4 Å². The van der Waals surface area contributed by atoms with E-state index in [9.17, 15) is 24.5 Å². The van der Waals surface area contributed by atoms with Gasteiger partial charge in [0.05, 0.1) is 17.6 Å². The van der Waals surface area contributed by atoms with Crippen molar-refractivity contribution in [1.82, 2.24) is 15.6 Å². The number of carboxylic acid groups (broad SMARTS) is 1. The highest BCUT2D eigenvalue weighted by molar-refractivity contribution is 7.13. The zero-order chi connectivity index (χ0) is 27.2. The summed E-state index contributed by atoms with van der Waals surface area (Å²) in [5.41, 5.74) is 5.94. The number of nitriles is 1. The molecule has 0 bridgehead atoms. The van der Waals surface area contributed by atoms with E-state index < -0.39 is 37.5 Å². The molecule has 2 aromatic rings. The maximum atomic E-state index is 13.1. The molecule has 6 N–H and O–H groups in total. The first-order valence-electron chi connectivity index (χ1n) is 11.9. The third-order valence-corrected chi connectivity index (χ3v) is 6.95. The van der Waals surface area contributed by atoms with Crippen LogP contribution in [0.2, 0.25) is 0 Å². The van der Waals surface area contributed by atoms with Crippen molar-refractivity contribution in [2.24, 2.45) is 11.1 Å². The van der Waals surface area contributed by atoms with Crippen LogP contribution in [-0.4, -0.2) is 64.3 Å². The number of aromatic nitrogens is 1. The van der Waals surface area contributed by atoms with Gasteiger partial charge in [0.25, 0.3) is 11.8 Å². The summed E-state index contributed by atoms with van der Waals surface area (Å²) in [6.07, 6.45) is 2.92. The number of nitrogens with one attached hydrogen (secondary N) is 2. The Labute approximate surface area is 221 Å². The summed E-state index contributed by atoms with van der Waals surface area (Å²) >= 11 is 1.08. The number of benzene rings is 1. The zero-order valence-electron chi connectivity index (χ0n) is 20.1. The van der Waals surface area contributed by atoms with Crippen LogP contribution in [0.4, 0.5) is 5.13 Å². The van der Waals surface area contributed by atoms with Crippen LogP contribution in [0.1, 0.15) is 47.3 Å². The number of hydrogen-bond donors (Lipinski definition) is 5. The lowest BCUT2D eigenvalue weighted by molar-refractivity contribution is -0.127. The van der Waals surface area contributed by atoms with E-state index in [1.54, 1.807) is 12.1 Å². The molecule has 1 atom stereocenters. The highest BCUT2D eigenvalue weighted by Crippen LogP contribution is 2.30. The van der Waals surface area contributed by atoms with E-state index in [1.807, 2.05) is 0 Å². The number of carboxylic acids is 1. The molecule has 38 heavy (non-hydrogen) atoms. The minimum Gasteiger partial charge on any atom is -0.534 e.